The molecule has 4 nitrogen and oxygen atoms in total. The van der Waals surface area contributed by atoms with Crippen molar-refractivity contribution in [2.45, 2.75) is 6.92 Å². The molecule has 1 aromatic rings. The standard InChI is InChI=1S/C13H17ClN2O2/c1-3-6-15-13(17)16-7-8-18-12-5-4-11(14)9-10(12)2/h3-5,9H,1,6-8H2,2H3,(H2,15,16,17). The highest BCUT2D eigenvalue weighted by Crippen LogP contribution is 2.21. The molecule has 0 radical (unpaired) electrons. The van der Waals surface area contributed by atoms with Gasteiger partial charge in [0.15, 0.2) is 0 Å². The van der Waals surface area contributed by atoms with E-state index in [1.54, 1.807) is 12.1 Å². The van der Waals surface area contributed by atoms with E-state index in [4.69, 9.17) is 16.3 Å². The summed E-state index contributed by atoms with van der Waals surface area (Å²) in [5.74, 6) is 0.771. The minimum Gasteiger partial charge on any atom is -0.491 e. The zero-order valence-corrected chi connectivity index (χ0v) is 11.1. The van der Waals surface area contributed by atoms with Crippen molar-refractivity contribution < 1.29 is 9.53 Å². The molecule has 2 N–H and O–H groups in total. The lowest BCUT2D eigenvalue weighted by Crippen LogP contribution is -2.37. The normalized spacial score (nSPS) is 9.67. The SMILES string of the molecule is C=CCNC(=O)NCCOc1ccc(Cl)cc1C. The van der Waals surface area contributed by atoms with Gasteiger partial charge in [-0.1, -0.05) is 17.7 Å². The first-order valence-electron chi connectivity index (χ1n) is 5.65. The number of carbonyl (C=O) groups is 1. The van der Waals surface area contributed by atoms with Gasteiger partial charge in [-0.05, 0) is 30.7 Å². The van der Waals surface area contributed by atoms with Crippen LogP contribution in [0.25, 0.3) is 0 Å². The van der Waals surface area contributed by atoms with Crippen molar-refractivity contribution in [3.05, 3.63) is 41.4 Å². The fourth-order valence-corrected chi connectivity index (χ4v) is 1.55. The molecule has 0 saturated heterocycles. The van der Waals surface area contributed by atoms with Crippen molar-refractivity contribution in [3.63, 3.8) is 0 Å². The molecular formula is C13H17ClN2O2. The van der Waals surface area contributed by atoms with Crippen molar-refractivity contribution in [1.29, 1.82) is 0 Å². The summed E-state index contributed by atoms with van der Waals surface area (Å²) in [6.45, 7) is 6.72. The molecule has 98 valence electrons. The van der Waals surface area contributed by atoms with Crippen LogP contribution in [-0.2, 0) is 0 Å². The molecule has 0 atom stereocenters. The van der Waals surface area contributed by atoms with E-state index in [2.05, 4.69) is 17.2 Å². The van der Waals surface area contributed by atoms with E-state index in [1.807, 2.05) is 19.1 Å². The first kappa shape index (κ1) is 14.4. The van der Waals surface area contributed by atoms with Crippen LogP contribution in [0.4, 0.5) is 4.79 Å². The van der Waals surface area contributed by atoms with Crippen molar-refractivity contribution in [3.8, 4) is 5.75 Å². The van der Waals surface area contributed by atoms with Gasteiger partial charge in [0.1, 0.15) is 12.4 Å². The monoisotopic (exact) mass is 268 g/mol. The van der Waals surface area contributed by atoms with E-state index < -0.39 is 0 Å². The van der Waals surface area contributed by atoms with Crippen LogP contribution in [0.3, 0.4) is 0 Å². The molecule has 0 saturated carbocycles. The van der Waals surface area contributed by atoms with Gasteiger partial charge in [0, 0.05) is 11.6 Å². The van der Waals surface area contributed by atoms with Crippen molar-refractivity contribution in [2.75, 3.05) is 19.7 Å². The van der Waals surface area contributed by atoms with Crippen LogP contribution in [0.2, 0.25) is 5.02 Å². The van der Waals surface area contributed by atoms with Crippen LogP contribution < -0.4 is 15.4 Å². The number of ether oxygens (including phenoxy) is 1. The molecule has 0 unspecified atom stereocenters. The van der Waals surface area contributed by atoms with E-state index in [-0.39, 0.29) is 6.03 Å². The predicted octanol–water partition coefficient (Wildman–Crippen LogP) is 2.51. The summed E-state index contributed by atoms with van der Waals surface area (Å²) in [7, 11) is 0. The summed E-state index contributed by atoms with van der Waals surface area (Å²) in [4.78, 5) is 11.2. The van der Waals surface area contributed by atoms with E-state index in [0.717, 1.165) is 11.3 Å². The molecule has 0 heterocycles. The second-order valence-corrected chi connectivity index (χ2v) is 4.12. The van der Waals surface area contributed by atoms with Crippen molar-refractivity contribution >= 4 is 17.6 Å². The molecule has 0 fully saturated rings. The van der Waals surface area contributed by atoms with Crippen molar-refractivity contribution in [1.82, 2.24) is 10.6 Å². The Labute approximate surface area is 112 Å². The number of benzene rings is 1. The highest BCUT2D eigenvalue weighted by molar-refractivity contribution is 6.30. The third kappa shape index (κ3) is 5.10. The maximum Gasteiger partial charge on any atom is 0.315 e. The maximum atomic E-state index is 11.2. The number of nitrogens with one attached hydrogen (secondary N) is 2. The third-order valence-electron chi connectivity index (χ3n) is 2.19. The van der Waals surface area contributed by atoms with Crippen LogP contribution in [-0.4, -0.2) is 25.7 Å². The predicted molar refractivity (Wildman–Crippen MR) is 73.3 cm³/mol. The van der Waals surface area contributed by atoms with Gasteiger partial charge < -0.3 is 15.4 Å². The van der Waals surface area contributed by atoms with Gasteiger partial charge in [0.25, 0.3) is 0 Å². The fourth-order valence-electron chi connectivity index (χ4n) is 1.33. The Kier molecular flexibility index (Phi) is 6.08. The molecule has 1 rings (SSSR count). The summed E-state index contributed by atoms with van der Waals surface area (Å²) >= 11 is 5.84. The summed E-state index contributed by atoms with van der Waals surface area (Å²) in [5, 5.41) is 5.96. The molecule has 0 aromatic heterocycles. The van der Waals surface area contributed by atoms with Crippen LogP contribution in [0, 0.1) is 6.92 Å². The first-order chi connectivity index (χ1) is 8.63. The van der Waals surface area contributed by atoms with Crippen LogP contribution in [0.15, 0.2) is 30.9 Å². The number of halogens is 1. The van der Waals surface area contributed by atoms with Gasteiger partial charge in [-0.3, -0.25) is 0 Å². The maximum absolute atomic E-state index is 11.2. The summed E-state index contributed by atoms with van der Waals surface area (Å²) in [6.07, 6.45) is 1.62. The molecule has 0 aliphatic rings. The van der Waals surface area contributed by atoms with Gasteiger partial charge in [-0.2, -0.15) is 0 Å². The van der Waals surface area contributed by atoms with E-state index >= 15 is 0 Å². The molecule has 1 aromatic carbocycles. The number of hydrogen-bond acceptors (Lipinski definition) is 2. The second kappa shape index (κ2) is 7.61. The minimum atomic E-state index is -0.230. The molecule has 0 aliphatic heterocycles. The van der Waals surface area contributed by atoms with Crippen LogP contribution in [0.1, 0.15) is 5.56 Å². The van der Waals surface area contributed by atoms with Gasteiger partial charge in [-0.15, -0.1) is 6.58 Å². The Balaban J connectivity index is 2.25. The van der Waals surface area contributed by atoms with Gasteiger partial charge in [0.05, 0.1) is 6.54 Å². The lowest BCUT2D eigenvalue weighted by molar-refractivity contribution is 0.237. The molecular weight excluding hydrogens is 252 g/mol. The Morgan fingerprint density at radius 1 is 1.50 bits per heavy atom. The highest BCUT2D eigenvalue weighted by Gasteiger charge is 2.01. The number of aryl methyl sites for hydroxylation is 1. The van der Waals surface area contributed by atoms with Gasteiger partial charge in [-0.25, -0.2) is 4.79 Å². The fraction of sp³-hybridized carbons (Fsp3) is 0.308. The average Bonchev–Trinajstić information content (AvgIpc) is 2.34. The van der Waals surface area contributed by atoms with E-state index in [9.17, 15) is 4.79 Å². The molecule has 0 bridgehead atoms. The van der Waals surface area contributed by atoms with E-state index in [1.165, 1.54) is 0 Å². The Morgan fingerprint density at radius 2 is 2.28 bits per heavy atom. The molecule has 5 heteroatoms. The smallest absolute Gasteiger partial charge is 0.315 e. The molecule has 2 amide bonds. The topological polar surface area (TPSA) is 50.4 Å². The van der Waals surface area contributed by atoms with E-state index in [0.29, 0.717) is 24.7 Å². The number of hydrogen-bond donors (Lipinski definition) is 2. The van der Waals surface area contributed by atoms with Crippen LogP contribution >= 0.6 is 11.6 Å². The van der Waals surface area contributed by atoms with Gasteiger partial charge in [0.2, 0.25) is 0 Å². The third-order valence-corrected chi connectivity index (χ3v) is 2.42. The number of amides is 2. The van der Waals surface area contributed by atoms with Crippen molar-refractivity contribution in [2.24, 2.45) is 0 Å². The molecule has 0 spiro atoms. The summed E-state index contributed by atoms with van der Waals surface area (Å²) in [5.41, 5.74) is 0.971. The quantitative estimate of drug-likeness (QED) is 0.615. The lowest BCUT2D eigenvalue weighted by Gasteiger charge is -2.10. The number of urea groups is 1. The number of carbonyl (C=O) groups excluding carboxylic acids is 1. The Hall–Kier alpha value is -1.68. The minimum absolute atomic E-state index is 0.230. The zero-order chi connectivity index (χ0) is 13.4. The highest BCUT2D eigenvalue weighted by atomic mass is 35.5. The molecule has 0 aliphatic carbocycles. The number of rotatable bonds is 6. The van der Waals surface area contributed by atoms with Gasteiger partial charge >= 0.3 is 6.03 Å². The van der Waals surface area contributed by atoms with Crippen LogP contribution in [0.5, 0.6) is 5.75 Å². The Morgan fingerprint density at radius 3 is 2.94 bits per heavy atom. The Bertz CT molecular complexity index is 421. The lowest BCUT2D eigenvalue weighted by atomic mass is 10.2. The first-order valence-corrected chi connectivity index (χ1v) is 6.03. The average molecular weight is 269 g/mol. The summed E-state index contributed by atoms with van der Waals surface area (Å²) in [6, 6.07) is 5.19. The second-order valence-electron chi connectivity index (χ2n) is 3.68. The summed E-state index contributed by atoms with van der Waals surface area (Å²) < 4.78 is 5.53. The zero-order valence-electron chi connectivity index (χ0n) is 10.3. The largest absolute Gasteiger partial charge is 0.491 e. The molecule has 18 heavy (non-hydrogen) atoms.